The summed E-state index contributed by atoms with van der Waals surface area (Å²) in [6.07, 6.45) is 0. The molecule has 0 radical (unpaired) electrons. The van der Waals surface area contributed by atoms with Crippen LogP contribution in [0.5, 0.6) is 0 Å². The Morgan fingerprint density at radius 3 is 1.42 bits per heavy atom. The van der Waals surface area contributed by atoms with Crippen LogP contribution in [0.4, 0.5) is 22.0 Å². The van der Waals surface area contributed by atoms with Gasteiger partial charge in [0.1, 0.15) is 11.6 Å². The van der Waals surface area contributed by atoms with Gasteiger partial charge in [0.05, 0.1) is 39.0 Å². The molecule has 0 aliphatic carbocycles. The van der Waals surface area contributed by atoms with E-state index in [2.05, 4.69) is 53.7 Å². The molecule has 6 aromatic carbocycles. The summed E-state index contributed by atoms with van der Waals surface area (Å²) in [5.41, 5.74) is 3.40. The molecule has 0 unspecified atom stereocenters. The molecule has 0 saturated carbocycles. The standard InChI is InChI=1S/C45H34F5N3/c1-44(2,3)24-15-18-34-29(21-24)26-11-7-9-13-32(26)52(34)36-20-17-28(37-38(46)40(48)42(50)41(49)39(37)47)43(31(36)23-51)53-33-14-10-8-12-27(33)30-22-25(45(4,5)6)16-19-35(30)53/h7-22H,1-6H3. The van der Waals surface area contributed by atoms with E-state index in [1.165, 1.54) is 12.1 Å². The lowest BCUT2D eigenvalue weighted by Gasteiger charge is -2.22. The molecule has 0 bridgehead atoms. The molecule has 8 aromatic rings. The Kier molecular flexibility index (Phi) is 7.60. The largest absolute Gasteiger partial charge is 0.308 e. The first-order valence-electron chi connectivity index (χ1n) is 17.3. The van der Waals surface area contributed by atoms with E-state index < -0.39 is 34.6 Å². The van der Waals surface area contributed by atoms with Crippen LogP contribution in [0.2, 0.25) is 0 Å². The van der Waals surface area contributed by atoms with E-state index in [1.54, 1.807) is 10.6 Å². The fourth-order valence-electron chi connectivity index (χ4n) is 7.53. The number of fused-ring (bicyclic) bond motifs is 6. The first-order valence-corrected chi connectivity index (χ1v) is 17.3. The minimum Gasteiger partial charge on any atom is -0.308 e. The number of hydrogen-bond acceptors (Lipinski definition) is 1. The molecule has 2 aromatic heterocycles. The number of rotatable bonds is 3. The van der Waals surface area contributed by atoms with Crippen LogP contribution in [0, 0.1) is 40.4 Å². The molecule has 0 fully saturated rings. The Bertz CT molecular complexity index is 2850. The van der Waals surface area contributed by atoms with Crippen molar-refractivity contribution in [1.29, 1.82) is 5.26 Å². The van der Waals surface area contributed by atoms with Crippen LogP contribution in [0.1, 0.15) is 58.2 Å². The molecule has 8 rings (SSSR count). The molecule has 53 heavy (non-hydrogen) atoms. The molecule has 0 aliphatic heterocycles. The van der Waals surface area contributed by atoms with E-state index in [9.17, 15) is 18.4 Å². The summed E-state index contributed by atoms with van der Waals surface area (Å²) in [5.74, 6) is -10.4. The van der Waals surface area contributed by atoms with Crippen LogP contribution in [0.15, 0.2) is 97.1 Å². The first-order chi connectivity index (χ1) is 25.1. The van der Waals surface area contributed by atoms with Crippen LogP contribution in [0.3, 0.4) is 0 Å². The lowest BCUT2D eigenvalue weighted by molar-refractivity contribution is 0.381. The summed E-state index contributed by atoms with van der Waals surface area (Å²) in [6, 6.07) is 32.3. The Balaban J connectivity index is 1.58. The van der Waals surface area contributed by atoms with Gasteiger partial charge in [0.15, 0.2) is 23.3 Å². The summed E-state index contributed by atoms with van der Waals surface area (Å²) >= 11 is 0. The smallest absolute Gasteiger partial charge is 0.200 e. The van der Waals surface area contributed by atoms with Crippen LogP contribution < -0.4 is 0 Å². The zero-order valence-corrected chi connectivity index (χ0v) is 30.0. The van der Waals surface area contributed by atoms with Crippen molar-refractivity contribution >= 4 is 43.6 Å². The van der Waals surface area contributed by atoms with Gasteiger partial charge < -0.3 is 9.13 Å². The van der Waals surface area contributed by atoms with Gasteiger partial charge in [-0.2, -0.15) is 5.26 Å². The van der Waals surface area contributed by atoms with Crippen molar-refractivity contribution in [2.45, 2.75) is 52.4 Å². The highest BCUT2D eigenvalue weighted by Gasteiger charge is 2.32. The van der Waals surface area contributed by atoms with Crippen molar-refractivity contribution in [2.75, 3.05) is 0 Å². The highest BCUT2D eigenvalue weighted by molar-refractivity contribution is 6.12. The molecule has 0 spiro atoms. The van der Waals surface area contributed by atoms with Crippen molar-refractivity contribution < 1.29 is 22.0 Å². The highest BCUT2D eigenvalue weighted by atomic mass is 19.2. The fourth-order valence-corrected chi connectivity index (χ4v) is 7.53. The average molecular weight is 712 g/mol. The summed E-state index contributed by atoms with van der Waals surface area (Å²) in [6.45, 7) is 12.6. The van der Waals surface area contributed by atoms with Gasteiger partial charge in [-0.1, -0.05) is 90.1 Å². The molecule has 0 amide bonds. The maximum atomic E-state index is 15.9. The van der Waals surface area contributed by atoms with Crippen LogP contribution >= 0.6 is 0 Å². The molecule has 0 atom stereocenters. The fraction of sp³-hybridized carbons (Fsp3) is 0.178. The van der Waals surface area contributed by atoms with Crippen LogP contribution in [-0.2, 0) is 10.8 Å². The Hall–Kier alpha value is -5.94. The summed E-state index contributed by atoms with van der Waals surface area (Å²) in [4.78, 5) is 0. The SMILES string of the molecule is CC(C)(C)c1ccc2c(c1)c1ccccc1n2-c1ccc(-c2c(F)c(F)c(F)c(F)c2F)c(-n2c3ccccc3c3cc(C(C)(C)C)ccc32)c1C#N. The lowest BCUT2D eigenvalue weighted by Crippen LogP contribution is -2.11. The second-order valence-electron chi connectivity index (χ2n) is 15.6. The molecule has 2 heterocycles. The van der Waals surface area contributed by atoms with Gasteiger partial charge in [-0.3, -0.25) is 0 Å². The van der Waals surface area contributed by atoms with Crippen molar-refractivity contribution in [3.8, 4) is 28.6 Å². The predicted molar refractivity (Wildman–Crippen MR) is 202 cm³/mol. The van der Waals surface area contributed by atoms with Crippen molar-refractivity contribution in [3.63, 3.8) is 0 Å². The van der Waals surface area contributed by atoms with Gasteiger partial charge in [0.2, 0.25) is 5.82 Å². The third-order valence-corrected chi connectivity index (χ3v) is 10.3. The quantitative estimate of drug-likeness (QED) is 0.102. The molecular weight excluding hydrogens is 678 g/mol. The molecule has 3 nitrogen and oxygen atoms in total. The minimum atomic E-state index is -2.26. The van der Waals surface area contributed by atoms with E-state index in [4.69, 9.17) is 0 Å². The molecule has 0 saturated heterocycles. The molecule has 8 heteroatoms. The van der Waals surface area contributed by atoms with E-state index in [0.717, 1.165) is 43.7 Å². The number of nitrogens with zero attached hydrogens (tertiary/aromatic N) is 3. The monoisotopic (exact) mass is 711 g/mol. The number of para-hydroxylation sites is 2. The Morgan fingerprint density at radius 2 is 0.925 bits per heavy atom. The normalized spacial score (nSPS) is 12.4. The molecule has 0 aliphatic rings. The van der Waals surface area contributed by atoms with E-state index in [-0.39, 0.29) is 27.6 Å². The Labute approximate surface area is 303 Å². The lowest BCUT2D eigenvalue weighted by atomic mass is 9.86. The van der Waals surface area contributed by atoms with Gasteiger partial charge in [-0.15, -0.1) is 0 Å². The molecular formula is C45H34F5N3. The van der Waals surface area contributed by atoms with Crippen LogP contribution in [0.25, 0.3) is 66.1 Å². The van der Waals surface area contributed by atoms with Gasteiger partial charge in [-0.05, 0) is 70.5 Å². The molecule has 264 valence electrons. The van der Waals surface area contributed by atoms with E-state index in [1.807, 2.05) is 77.4 Å². The van der Waals surface area contributed by atoms with E-state index >= 15 is 8.78 Å². The van der Waals surface area contributed by atoms with Gasteiger partial charge >= 0.3 is 0 Å². The summed E-state index contributed by atoms with van der Waals surface area (Å²) in [7, 11) is 0. The number of halogens is 5. The van der Waals surface area contributed by atoms with Crippen molar-refractivity contribution in [1.82, 2.24) is 9.13 Å². The summed E-state index contributed by atoms with van der Waals surface area (Å²) in [5, 5.41) is 14.6. The third kappa shape index (κ3) is 5.05. The van der Waals surface area contributed by atoms with Gasteiger partial charge in [-0.25, -0.2) is 22.0 Å². The third-order valence-electron chi connectivity index (χ3n) is 10.3. The van der Waals surface area contributed by atoms with Gasteiger partial charge in [0.25, 0.3) is 0 Å². The maximum absolute atomic E-state index is 15.9. The maximum Gasteiger partial charge on any atom is 0.200 e. The zero-order valence-electron chi connectivity index (χ0n) is 30.0. The predicted octanol–water partition coefficient (Wildman–Crippen LogP) is 12.7. The number of aromatic nitrogens is 2. The highest BCUT2D eigenvalue weighted by Crippen LogP contribution is 2.44. The zero-order chi connectivity index (χ0) is 37.7. The second kappa shape index (κ2) is 11.8. The van der Waals surface area contributed by atoms with E-state index in [0.29, 0.717) is 16.7 Å². The van der Waals surface area contributed by atoms with Crippen molar-refractivity contribution in [3.05, 3.63) is 143 Å². The average Bonchev–Trinajstić information content (AvgIpc) is 3.64. The summed E-state index contributed by atoms with van der Waals surface area (Å²) < 4.78 is 79.7. The number of benzene rings is 6. The van der Waals surface area contributed by atoms with Gasteiger partial charge in [0, 0.05) is 27.1 Å². The number of nitriles is 1. The first kappa shape index (κ1) is 34.2. The van der Waals surface area contributed by atoms with Crippen molar-refractivity contribution in [2.24, 2.45) is 0 Å². The van der Waals surface area contributed by atoms with Crippen LogP contribution in [-0.4, -0.2) is 9.13 Å². The topological polar surface area (TPSA) is 33.6 Å². The second-order valence-corrected chi connectivity index (χ2v) is 15.6. The molecule has 0 N–H and O–H groups in total. The minimum absolute atomic E-state index is 0.0137. The number of hydrogen-bond donors (Lipinski definition) is 0. The Morgan fingerprint density at radius 1 is 0.491 bits per heavy atom.